The van der Waals surface area contributed by atoms with Gasteiger partial charge in [0.25, 0.3) is 0 Å². The molecule has 1 rings (SSSR count). The molecule has 0 bridgehead atoms. The van der Waals surface area contributed by atoms with Gasteiger partial charge >= 0.3 is 11.9 Å². The van der Waals surface area contributed by atoms with Crippen LogP contribution in [0.25, 0.3) is 0 Å². The lowest BCUT2D eigenvalue weighted by Gasteiger charge is -2.21. The highest BCUT2D eigenvalue weighted by atomic mass is 16.4. The summed E-state index contributed by atoms with van der Waals surface area (Å²) < 4.78 is 0. The second-order valence-corrected chi connectivity index (χ2v) is 5.60. The molecular formula is C16H23NO4. The molecule has 0 aliphatic heterocycles. The van der Waals surface area contributed by atoms with Crippen molar-refractivity contribution in [3.05, 3.63) is 35.9 Å². The third-order valence-corrected chi connectivity index (χ3v) is 3.27. The maximum Gasteiger partial charge on any atom is 0.320 e. The Morgan fingerprint density at radius 2 is 1.62 bits per heavy atom. The number of hydrogen-bond acceptors (Lipinski definition) is 3. The van der Waals surface area contributed by atoms with Gasteiger partial charge in [0, 0.05) is 0 Å². The molecule has 0 spiro atoms. The first-order valence-corrected chi connectivity index (χ1v) is 7.15. The van der Waals surface area contributed by atoms with Crippen molar-refractivity contribution in [1.29, 1.82) is 0 Å². The van der Waals surface area contributed by atoms with E-state index in [1.54, 1.807) is 0 Å². The number of rotatable bonds is 9. The molecular weight excluding hydrogens is 270 g/mol. The van der Waals surface area contributed by atoms with Gasteiger partial charge in [0.15, 0.2) is 0 Å². The van der Waals surface area contributed by atoms with Crippen molar-refractivity contribution in [3.63, 3.8) is 0 Å². The molecule has 1 aromatic rings. The lowest BCUT2D eigenvalue weighted by atomic mass is 10.0. The van der Waals surface area contributed by atoms with Crippen LogP contribution in [0.3, 0.4) is 0 Å². The van der Waals surface area contributed by atoms with E-state index in [0.29, 0.717) is 19.3 Å². The van der Waals surface area contributed by atoms with Gasteiger partial charge in [0.1, 0.15) is 12.1 Å². The second-order valence-electron chi connectivity index (χ2n) is 5.60. The first-order chi connectivity index (χ1) is 9.90. The molecule has 3 N–H and O–H groups in total. The Labute approximate surface area is 125 Å². The minimum Gasteiger partial charge on any atom is -0.480 e. The Bertz CT molecular complexity index is 459. The summed E-state index contributed by atoms with van der Waals surface area (Å²) in [6.45, 7) is 3.83. The van der Waals surface area contributed by atoms with Crippen molar-refractivity contribution in [3.8, 4) is 0 Å². The topological polar surface area (TPSA) is 86.6 Å². The summed E-state index contributed by atoms with van der Waals surface area (Å²) in [5, 5.41) is 21.2. The molecule has 0 aliphatic carbocycles. The van der Waals surface area contributed by atoms with Gasteiger partial charge in [-0.05, 0) is 30.7 Å². The van der Waals surface area contributed by atoms with Crippen molar-refractivity contribution in [2.45, 2.75) is 45.2 Å². The minimum atomic E-state index is -1.01. The Morgan fingerprint density at radius 3 is 2.10 bits per heavy atom. The summed E-state index contributed by atoms with van der Waals surface area (Å²) in [6, 6.07) is 7.88. The van der Waals surface area contributed by atoms with Crippen LogP contribution in [0.15, 0.2) is 30.3 Å². The quantitative estimate of drug-likeness (QED) is 0.649. The predicted octanol–water partition coefficient (Wildman–Crippen LogP) is 2.16. The van der Waals surface area contributed by atoms with Crippen LogP contribution < -0.4 is 5.32 Å². The number of aryl methyl sites for hydroxylation is 1. The second kappa shape index (κ2) is 8.42. The number of carbonyl (C=O) groups is 2. The van der Waals surface area contributed by atoms with Gasteiger partial charge in [-0.2, -0.15) is 0 Å². The Kier molecular flexibility index (Phi) is 6.88. The van der Waals surface area contributed by atoms with Gasteiger partial charge in [-0.3, -0.25) is 14.9 Å². The molecule has 0 aliphatic rings. The molecule has 0 unspecified atom stereocenters. The molecule has 0 aromatic heterocycles. The van der Waals surface area contributed by atoms with Gasteiger partial charge in [-0.25, -0.2) is 0 Å². The molecule has 0 amide bonds. The summed E-state index contributed by atoms with van der Waals surface area (Å²) in [4.78, 5) is 22.5. The van der Waals surface area contributed by atoms with E-state index >= 15 is 0 Å². The van der Waals surface area contributed by atoms with E-state index in [4.69, 9.17) is 0 Å². The van der Waals surface area contributed by atoms with Gasteiger partial charge < -0.3 is 10.2 Å². The first kappa shape index (κ1) is 17.2. The summed E-state index contributed by atoms with van der Waals surface area (Å²) in [6.07, 6.45) is 1.37. The third kappa shape index (κ3) is 6.40. The molecule has 0 fully saturated rings. The Balaban J connectivity index is 2.63. The fourth-order valence-electron chi connectivity index (χ4n) is 2.19. The maximum atomic E-state index is 11.3. The van der Waals surface area contributed by atoms with E-state index in [2.05, 4.69) is 5.32 Å². The SMILES string of the molecule is CC(C)C[C@H](N[C@@H](CCc1ccccc1)C(=O)O)C(=O)O. The molecule has 21 heavy (non-hydrogen) atoms. The van der Waals surface area contributed by atoms with Crippen LogP contribution in [0, 0.1) is 5.92 Å². The maximum absolute atomic E-state index is 11.3. The van der Waals surface area contributed by atoms with E-state index in [1.165, 1.54) is 0 Å². The van der Waals surface area contributed by atoms with Gasteiger partial charge in [0.05, 0.1) is 0 Å². The summed E-state index contributed by atoms with van der Waals surface area (Å²) in [5.41, 5.74) is 1.04. The smallest absolute Gasteiger partial charge is 0.320 e. The zero-order chi connectivity index (χ0) is 15.8. The van der Waals surface area contributed by atoms with Crippen molar-refractivity contribution in [1.82, 2.24) is 5.32 Å². The van der Waals surface area contributed by atoms with Crippen molar-refractivity contribution >= 4 is 11.9 Å². The van der Waals surface area contributed by atoms with E-state index in [1.807, 2.05) is 44.2 Å². The monoisotopic (exact) mass is 293 g/mol. The fraction of sp³-hybridized carbons (Fsp3) is 0.500. The number of nitrogens with one attached hydrogen (secondary N) is 1. The highest BCUT2D eigenvalue weighted by Crippen LogP contribution is 2.10. The summed E-state index contributed by atoms with van der Waals surface area (Å²) in [5.74, 6) is -1.84. The van der Waals surface area contributed by atoms with E-state index in [9.17, 15) is 19.8 Å². The number of carboxylic acid groups (broad SMARTS) is 2. The minimum absolute atomic E-state index is 0.183. The van der Waals surface area contributed by atoms with Gasteiger partial charge in [-0.15, -0.1) is 0 Å². The molecule has 0 saturated heterocycles. The number of benzene rings is 1. The van der Waals surface area contributed by atoms with Gasteiger partial charge in [0.2, 0.25) is 0 Å². The summed E-state index contributed by atoms with van der Waals surface area (Å²) >= 11 is 0. The molecule has 1 aromatic carbocycles. The molecule has 0 saturated carbocycles. The van der Waals surface area contributed by atoms with Crippen LogP contribution in [-0.4, -0.2) is 34.2 Å². The van der Waals surface area contributed by atoms with Crippen LogP contribution in [0.5, 0.6) is 0 Å². The lowest BCUT2D eigenvalue weighted by Crippen LogP contribution is -2.47. The highest BCUT2D eigenvalue weighted by molar-refractivity contribution is 5.77. The number of carboxylic acids is 2. The lowest BCUT2D eigenvalue weighted by molar-refractivity contribution is -0.143. The molecule has 2 atom stereocenters. The average molecular weight is 293 g/mol. The molecule has 116 valence electrons. The molecule has 5 nitrogen and oxygen atoms in total. The van der Waals surface area contributed by atoms with E-state index in [0.717, 1.165) is 5.56 Å². The van der Waals surface area contributed by atoms with Crippen LogP contribution in [0.2, 0.25) is 0 Å². The zero-order valence-electron chi connectivity index (χ0n) is 12.5. The highest BCUT2D eigenvalue weighted by Gasteiger charge is 2.26. The standard InChI is InChI=1S/C16H23NO4/c1-11(2)10-14(16(20)21)17-13(15(18)19)9-8-12-6-4-3-5-7-12/h3-7,11,13-14,17H,8-10H2,1-2H3,(H,18,19)(H,20,21)/t13-,14-/m0/s1. The van der Waals surface area contributed by atoms with Crippen LogP contribution in [-0.2, 0) is 16.0 Å². The normalized spacial score (nSPS) is 13.9. The predicted molar refractivity (Wildman–Crippen MR) is 80.2 cm³/mol. The van der Waals surface area contributed by atoms with Crippen molar-refractivity contribution in [2.75, 3.05) is 0 Å². The average Bonchev–Trinajstić information content (AvgIpc) is 2.42. The zero-order valence-corrected chi connectivity index (χ0v) is 12.5. The van der Waals surface area contributed by atoms with Crippen molar-refractivity contribution in [2.24, 2.45) is 5.92 Å². The Hall–Kier alpha value is -1.88. The molecule has 0 radical (unpaired) electrons. The van der Waals surface area contributed by atoms with Crippen LogP contribution in [0.1, 0.15) is 32.3 Å². The van der Waals surface area contributed by atoms with E-state index < -0.39 is 24.0 Å². The van der Waals surface area contributed by atoms with Crippen LogP contribution >= 0.6 is 0 Å². The number of hydrogen-bond donors (Lipinski definition) is 3. The number of aliphatic carboxylic acids is 2. The fourth-order valence-corrected chi connectivity index (χ4v) is 2.19. The third-order valence-electron chi connectivity index (χ3n) is 3.27. The Morgan fingerprint density at radius 1 is 1.05 bits per heavy atom. The first-order valence-electron chi connectivity index (χ1n) is 7.15. The van der Waals surface area contributed by atoms with Gasteiger partial charge in [-0.1, -0.05) is 44.2 Å². The largest absolute Gasteiger partial charge is 0.480 e. The van der Waals surface area contributed by atoms with Crippen LogP contribution in [0.4, 0.5) is 0 Å². The van der Waals surface area contributed by atoms with E-state index in [-0.39, 0.29) is 5.92 Å². The summed E-state index contributed by atoms with van der Waals surface area (Å²) in [7, 11) is 0. The molecule has 5 heteroatoms. The molecule has 0 heterocycles. The van der Waals surface area contributed by atoms with Crippen molar-refractivity contribution < 1.29 is 19.8 Å².